The molecule has 0 spiro atoms. The lowest BCUT2D eigenvalue weighted by Crippen LogP contribution is -2.43. The number of amides is 1. The van der Waals surface area contributed by atoms with Gasteiger partial charge in [0, 0.05) is 32.9 Å². The molecule has 1 aromatic rings. The van der Waals surface area contributed by atoms with Crippen molar-refractivity contribution in [2.75, 3.05) is 45.7 Å². The molecule has 24 heavy (non-hydrogen) atoms. The molecule has 1 fully saturated rings. The van der Waals surface area contributed by atoms with Gasteiger partial charge in [-0.1, -0.05) is 0 Å². The molecule has 1 amide bonds. The zero-order valence-corrected chi connectivity index (χ0v) is 14.2. The van der Waals surface area contributed by atoms with Crippen LogP contribution in [0.15, 0.2) is 29.3 Å². The first-order chi connectivity index (χ1) is 11.6. The highest BCUT2D eigenvalue weighted by atomic mass is 19.1. The van der Waals surface area contributed by atoms with Crippen LogP contribution in [0.3, 0.4) is 0 Å². The Hall–Kier alpha value is -2.15. The molecule has 6 nitrogen and oxygen atoms in total. The van der Waals surface area contributed by atoms with Gasteiger partial charge in [-0.3, -0.25) is 9.79 Å². The minimum absolute atomic E-state index is 0.0807. The van der Waals surface area contributed by atoms with E-state index < -0.39 is 0 Å². The number of nitrogens with zero attached hydrogens (tertiary/aromatic N) is 2. The third-order valence-electron chi connectivity index (χ3n) is 3.73. The summed E-state index contributed by atoms with van der Waals surface area (Å²) in [6.45, 7) is 2.25. The van der Waals surface area contributed by atoms with Gasteiger partial charge in [0.05, 0.1) is 13.2 Å². The molecule has 0 saturated heterocycles. The van der Waals surface area contributed by atoms with E-state index in [4.69, 9.17) is 4.74 Å². The third-order valence-corrected chi connectivity index (χ3v) is 3.73. The molecule has 1 aliphatic carbocycles. The number of hydrogen-bond donors (Lipinski definition) is 2. The highest BCUT2D eigenvalue weighted by Gasteiger charge is 2.21. The molecule has 0 aliphatic heterocycles. The zero-order valence-electron chi connectivity index (χ0n) is 14.2. The van der Waals surface area contributed by atoms with Crippen LogP contribution < -0.4 is 10.6 Å². The van der Waals surface area contributed by atoms with E-state index in [2.05, 4.69) is 15.6 Å². The maximum absolute atomic E-state index is 12.8. The quantitative estimate of drug-likeness (QED) is 0.431. The average molecular weight is 336 g/mol. The summed E-state index contributed by atoms with van der Waals surface area (Å²) in [5.41, 5.74) is 0.556. The summed E-state index contributed by atoms with van der Waals surface area (Å²) in [6.07, 6.45) is 2.56. The molecule has 0 aromatic heterocycles. The van der Waals surface area contributed by atoms with E-state index in [1.54, 1.807) is 7.05 Å². The summed E-state index contributed by atoms with van der Waals surface area (Å²) < 4.78 is 18.4. The van der Waals surface area contributed by atoms with Crippen molar-refractivity contribution < 1.29 is 13.9 Å². The van der Waals surface area contributed by atoms with Gasteiger partial charge in [-0.05, 0) is 43.0 Å². The molecule has 0 radical (unpaired) electrons. The topological polar surface area (TPSA) is 66.0 Å². The SMILES string of the molecule is CN=C(NCC(=O)Nc1ccc(F)cc1)N(C)CCOCC1CC1. The van der Waals surface area contributed by atoms with Gasteiger partial charge < -0.3 is 20.3 Å². The van der Waals surface area contributed by atoms with Crippen molar-refractivity contribution in [1.82, 2.24) is 10.2 Å². The Balaban J connectivity index is 1.67. The number of halogens is 1. The summed E-state index contributed by atoms with van der Waals surface area (Å²) in [6, 6.07) is 5.64. The highest BCUT2D eigenvalue weighted by Crippen LogP contribution is 2.28. The molecule has 1 saturated carbocycles. The van der Waals surface area contributed by atoms with E-state index in [0.717, 1.165) is 12.5 Å². The maximum atomic E-state index is 12.8. The van der Waals surface area contributed by atoms with Gasteiger partial charge in [-0.25, -0.2) is 4.39 Å². The first kappa shape index (κ1) is 18.2. The number of carbonyl (C=O) groups is 1. The Bertz CT molecular complexity index is 558. The van der Waals surface area contributed by atoms with Crippen molar-refractivity contribution >= 4 is 17.6 Å². The lowest BCUT2D eigenvalue weighted by Gasteiger charge is -2.21. The number of nitrogens with one attached hydrogen (secondary N) is 2. The zero-order chi connectivity index (χ0) is 17.4. The lowest BCUT2D eigenvalue weighted by molar-refractivity contribution is -0.115. The highest BCUT2D eigenvalue weighted by molar-refractivity contribution is 5.94. The fraction of sp³-hybridized carbons (Fsp3) is 0.529. The fourth-order valence-corrected chi connectivity index (χ4v) is 2.12. The van der Waals surface area contributed by atoms with Crippen LogP contribution in [0.1, 0.15) is 12.8 Å². The van der Waals surface area contributed by atoms with Crippen molar-refractivity contribution in [3.63, 3.8) is 0 Å². The van der Waals surface area contributed by atoms with Gasteiger partial charge in [0.2, 0.25) is 5.91 Å². The Morgan fingerprint density at radius 1 is 1.38 bits per heavy atom. The van der Waals surface area contributed by atoms with E-state index in [1.807, 2.05) is 11.9 Å². The predicted octanol–water partition coefficient (Wildman–Crippen LogP) is 1.70. The Morgan fingerprint density at radius 2 is 2.08 bits per heavy atom. The van der Waals surface area contributed by atoms with Crippen LogP contribution in [0.5, 0.6) is 0 Å². The number of rotatable bonds is 8. The molecule has 2 rings (SSSR count). The van der Waals surface area contributed by atoms with E-state index in [-0.39, 0.29) is 18.3 Å². The van der Waals surface area contributed by atoms with Crippen molar-refractivity contribution in [2.45, 2.75) is 12.8 Å². The maximum Gasteiger partial charge on any atom is 0.243 e. The first-order valence-corrected chi connectivity index (χ1v) is 8.13. The van der Waals surface area contributed by atoms with Crippen LogP contribution in [0.25, 0.3) is 0 Å². The summed E-state index contributed by atoms with van der Waals surface area (Å²) in [4.78, 5) is 18.0. The summed E-state index contributed by atoms with van der Waals surface area (Å²) >= 11 is 0. The van der Waals surface area contributed by atoms with Gasteiger partial charge in [0.25, 0.3) is 0 Å². The molecule has 0 unspecified atom stereocenters. The molecule has 1 aliphatic rings. The van der Waals surface area contributed by atoms with E-state index in [1.165, 1.54) is 37.1 Å². The van der Waals surface area contributed by atoms with Crippen molar-refractivity contribution in [1.29, 1.82) is 0 Å². The first-order valence-electron chi connectivity index (χ1n) is 8.13. The fourth-order valence-electron chi connectivity index (χ4n) is 2.12. The molecule has 0 atom stereocenters. The van der Waals surface area contributed by atoms with Crippen LogP contribution >= 0.6 is 0 Å². The van der Waals surface area contributed by atoms with Gasteiger partial charge in [0.1, 0.15) is 5.82 Å². The van der Waals surface area contributed by atoms with Gasteiger partial charge >= 0.3 is 0 Å². The number of aliphatic imine (C=N–C) groups is 1. The number of guanidine groups is 1. The minimum atomic E-state index is -0.336. The molecule has 132 valence electrons. The van der Waals surface area contributed by atoms with E-state index in [0.29, 0.717) is 24.8 Å². The molecule has 1 aromatic carbocycles. The predicted molar refractivity (Wildman–Crippen MR) is 92.6 cm³/mol. The van der Waals surface area contributed by atoms with Crippen molar-refractivity contribution in [2.24, 2.45) is 10.9 Å². The number of carbonyl (C=O) groups excluding carboxylic acids is 1. The molecule has 2 N–H and O–H groups in total. The lowest BCUT2D eigenvalue weighted by atomic mass is 10.3. The monoisotopic (exact) mass is 336 g/mol. The number of hydrogen-bond acceptors (Lipinski definition) is 3. The standard InChI is InChI=1S/C17H25FN4O2/c1-19-17(22(2)9-10-24-12-13-3-4-13)20-11-16(23)21-15-7-5-14(18)6-8-15/h5-8,13H,3-4,9-12H2,1-2H3,(H,19,20)(H,21,23). The van der Waals surface area contributed by atoms with Crippen LogP contribution in [0.2, 0.25) is 0 Å². The van der Waals surface area contributed by atoms with Crippen LogP contribution in [0.4, 0.5) is 10.1 Å². The molecule has 7 heteroatoms. The van der Waals surface area contributed by atoms with Gasteiger partial charge in [-0.2, -0.15) is 0 Å². The molecular weight excluding hydrogens is 311 g/mol. The van der Waals surface area contributed by atoms with E-state index >= 15 is 0 Å². The largest absolute Gasteiger partial charge is 0.379 e. The molecule has 0 heterocycles. The summed E-state index contributed by atoms with van der Waals surface area (Å²) in [5, 5.41) is 5.69. The Morgan fingerprint density at radius 3 is 2.71 bits per heavy atom. The van der Waals surface area contributed by atoms with Crippen LogP contribution in [-0.2, 0) is 9.53 Å². The molecular formula is C17H25FN4O2. The minimum Gasteiger partial charge on any atom is -0.379 e. The van der Waals surface area contributed by atoms with Crippen molar-refractivity contribution in [3.8, 4) is 0 Å². The smallest absolute Gasteiger partial charge is 0.243 e. The second kappa shape index (κ2) is 9.22. The van der Waals surface area contributed by atoms with Gasteiger partial charge in [0.15, 0.2) is 5.96 Å². The summed E-state index contributed by atoms with van der Waals surface area (Å²) in [7, 11) is 3.56. The number of ether oxygens (including phenoxy) is 1. The number of anilines is 1. The second-order valence-corrected chi connectivity index (χ2v) is 5.90. The van der Waals surface area contributed by atoms with E-state index in [9.17, 15) is 9.18 Å². The van der Waals surface area contributed by atoms with Crippen molar-refractivity contribution in [3.05, 3.63) is 30.1 Å². The third kappa shape index (κ3) is 6.54. The second-order valence-electron chi connectivity index (χ2n) is 5.90. The number of benzene rings is 1. The average Bonchev–Trinajstić information content (AvgIpc) is 3.38. The van der Waals surface area contributed by atoms with Crippen LogP contribution in [0, 0.1) is 11.7 Å². The summed E-state index contributed by atoms with van der Waals surface area (Å²) in [5.74, 6) is 0.820. The number of likely N-dealkylation sites (N-methyl/N-ethyl adjacent to an activating group) is 1. The van der Waals surface area contributed by atoms with Gasteiger partial charge in [-0.15, -0.1) is 0 Å². The van der Waals surface area contributed by atoms with Crippen LogP contribution in [-0.4, -0.2) is 57.2 Å². The molecule has 0 bridgehead atoms. The Labute approximate surface area is 142 Å². The normalized spacial score (nSPS) is 14.4. The Kier molecular flexibility index (Phi) is 6.99.